The van der Waals surface area contributed by atoms with Crippen LogP contribution in [0.4, 0.5) is 5.69 Å². The highest BCUT2D eigenvalue weighted by atomic mass is 16.5. The number of anilines is 1. The third-order valence-corrected chi connectivity index (χ3v) is 4.04. The SMILES string of the molecule is CCCCN(C(=O)CCc1nc(-c2cccnc2)no1)c1ccccc1. The number of rotatable bonds is 8. The molecule has 1 amide bonds. The topological polar surface area (TPSA) is 72.1 Å². The molecule has 3 aromatic rings. The van der Waals surface area contributed by atoms with Crippen LogP contribution < -0.4 is 4.90 Å². The smallest absolute Gasteiger partial charge is 0.227 e. The Kier molecular flexibility index (Phi) is 6.09. The van der Waals surface area contributed by atoms with Crippen LogP contribution in [0.5, 0.6) is 0 Å². The second-order valence-corrected chi connectivity index (χ2v) is 5.99. The molecular formula is C20H22N4O2. The molecule has 0 spiro atoms. The minimum Gasteiger partial charge on any atom is -0.339 e. The standard InChI is InChI=1S/C20H22N4O2/c1-2-3-14-24(17-9-5-4-6-10-17)19(25)12-11-18-22-20(23-26-18)16-8-7-13-21-15-16/h4-10,13,15H,2-3,11-12,14H2,1H3. The average Bonchev–Trinajstić information content (AvgIpc) is 3.17. The van der Waals surface area contributed by atoms with Gasteiger partial charge in [-0.15, -0.1) is 0 Å². The fourth-order valence-corrected chi connectivity index (χ4v) is 2.64. The first-order valence-electron chi connectivity index (χ1n) is 8.86. The van der Waals surface area contributed by atoms with Gasteiger partial charge in [-0.05, 0) is 30.7 Å². The lowest BCUT2D eigenvalue weighted by atomic mass is 10.2. The molecule has 1 aromatic carbocycles. The first-order valence-corrected chi connectivity index (χ1v) is 8.86. The van der Waals surface area contributed by atoms with Crippen molar-refractivity contribution < 1.29 is 9.32 Å². The van der Waals surface area contributed by atoms with Gasteiger partial charge in [0.25, 0.3) is 0 Å². The van der Waals surface area contributed by atoms with Crippen molar-refractivity contribution in [1.29, 1.82) is 0 Å². The monoisotopic (exact) mass is 350 g/mol. The normalized spacial score (nSPS) is 10.7. The van der Waals surface area contributed by atoms with Gasteiger partial charge in [0.15, 0.2) is 0 Å². The molecule has 6 nitrogen and oxygen atoms in total. The number of nitrogens with zero attached hydrogens (tertiary/aromatic N) is 4. The summed E-state index contributed by atoms with van der Waals surface area (Å²) in [5.74, 6) is 1.01. The fourth-order valence-electron chi connectivity index (χ4n) is 2.64. The van der Waals surface area contributed by atoms with E-state index >= 15 is 0 Å². The predicted molar refractivity (Wildman–Crippen MR) is 99.6 cm³/mol. The highest BCUT2D eigenvalue weighted by molar-refractivity contribution is 5.93. The maximum absolute atomic E-state index is 12.7. The third-order valence-electron chi connectivity index (χ3n) is 4.04. The molecule has 0 atom stereocenters. The van der Waals surface area contributed by atoms with E-state index in [0.29, 0.717) is 31.1 Å². The molecule has 2 heterocycles. The number of hydrogen-bond acceptors (Lipinski definition) is 5. The number of carbonyl (C=O) groups is 1. The number of benzene rings is 1. The lowest BCUT2D eigenvalue weighted by molar-refractivity contribution is -0.118. The summed E-state index contributed by atoms with van der Waals surface area (Å²) < 4.78 is 5.28. The van der Waals surface area contributed by atoms with Gasteiger partial charge in [0.2, 0.25) is 17.6 Å². The zero-order valence-corrected chi connectivity index (χ0v) is 14.8. The number of aromatic nitrogens is 3. The van der Waals surface area contributed by atoms with E-state index in [2.05, 4.69) is 22.0 Å². The van der Waals surface area contributed by atoms with Gasteiger partial charge in [-0.2, -0.15) is 4.98 Å². The summed E-state index contributed by atoms with van der Waals surface area (Å²) in [4.78, 5) is 23.0. The van der Waals surface area contributed by atoms with Crippen LogP contribution in [0, 0.1) is 0 Å². The number of unbranched alkanes of at least 4 members (excludes halogenated alkanes) is 1. The second-order valence-electron chi connectivity index (χ2n) is 5.99. The molecule has 0 fully saturated rings. The number of hydrogen-bond donors (Lipinski definition) is 0. The van der Waals surface area contributed by atoms with Crippen LogP contribution in [0.3, 0.4) is 0 Å². The Morgan fingerprint density at radius 1 is 1.15 bits per heavy atom. The quantitative estimate of drug-likeness (QED) is 0.616. The van der Waals surface area contributed by atoms with E-state index in [9.17, 15) is 4.79 Å². The fraction of sp³-hybridized carbons (Fsp3) is 0.300. The average molecular weight is 350 g/mol. The highest BCUT2D eigenvalue weighted by Crippen LogP contribution is 2.18. The minimum absolute atomic E-state index is 0.0609. The Morgan fingerprint density at radius 3 is 2.73 bits per heavy atom. The van der Waals surface area contributed by atoms with Gasteiger partial charge < -0.3 is 9.42 Å². The number of amides is 1. The molecule has 0 aliphatic rings. The molecule has 0 radical (unpaired) electrons. The first-order chi connectivity index (χ1) is 12.8. The van der Waals surface area contributed by atoms with E-state index in [1.165, 1.54) is 0 Å². The summed E-state index contributed by atoms with van der Waals surface area (Å²) in [5, 5.41) is 3.97. The second kappa shape index (κ2) is 8.89. The van der Waals surface area contributed by atoms with E-state index in [0.717, 1.165) is 24.1 Å². The lowest BCUT2D eigenvalue weighted by Crippen LogP contribution is -2.32. The van der Waals surface area contributed by atoms with Gasteiger partial charge in [0.05, 0.1) is 0 Å². The number of aryl methyl sites for hydroxylation is 1. The van der Waals surface area contributed by atoms with Crippen molar-refractivity contribution in [3.05, 3.63) is 60.7 Å². The molecule has 6 heteroatoms. The zero-order chi connectivity index (χ0) is 18.2. The zero-order valence-electron chi connectivity index (χ0n) is 14.8. The molecule has 3 rings (SSSR count). The van der Waals surface area contributed by atoms with Crippen molar-refractivity contribution in [2.45, 2.75) is 32.6 Å². The third kappa shape index (κ3) is 4.53. The number of para-hydroxylation sites is 1. The Morgan fingerprint density at radius 2 is 2.00 bits per heavy atom. The summed E-state index contributed by atoms with van der Waals surface area (Å²) in [6.45, 7) is 2.83. The van der Waals surface area contributed by atoms with E-state index in [1.54, 1.807) is 12.4 Å². The Balaban J connectivity index is 1.64. The van der Waals surface area contributed by atoms with Crippen LogP contribution in [-0.4, -0.2) is 27.6 Å². The molecule has 26 heavy (non-hydrogen) atoms. The molecular weight excluding hydrogens is 328 g/mol. The molecule has 0 saturated carbocycles. The van der Waals surface area contributed by atoms with Crippen molar-refractivity contribution >= 4 is 11.6 Å². The summed E-state index contributed by atoms with van der Waals surface area (Å²) in [6.07, 6.45) is 6.12. The molecule has 0 N–H and O–H groups in total. The molecule has 0 aliphatic heterocycles. The van der Waals surface area contributed by atoms with Gasteiger partial charge >= 0.3 is 0 Å². The van der Waals surface area contributed by atoms with Gasteiger partial charge in [0, 0.05) is 43.0 Å². The van der Waals surface area contributed by atoms with E-state index < -0.39 is 0 Å². The predicted octanol–water partition coefficient (Wildman–Crippen LogP) is 3.90. The minimum atomic E-state index is 0.0609. The van der Waals surface area contributed by atoms with Crippen molar-refractivity contribution in [1.82, 2.24) is 15.1 Å². The molecule has 0 saturated heterocycles. The van der Waals surface area contributed by atoms with E-state index in [4.69, 9.17) is 4.52 Å². The Labute approximate surface area is 152 Å². The Bertz CT molecular complexity index is 818. The van der Waals surface area contributed by atoms with Gasteiger partial charge in [-0.1, -0.05) is 36.7 Å². The van der Waals surface area contributed by atoms with Gasteiger partial charge in [-0.25, -0.2) is 0 Å². The van der Waals surface area contributed by atoms with Crippen LogP contribution >= 0.6 is 0 Å². The molecule has 134 valence electrons. The number of pyridine rings is 1. The summed E-state index contributed by atoms with van der Waals surface area (Å²) >= 11 is 0. The van der Waals surface area contributed by atoms with E-state index in [-0.39, 0.29) is 5.91 Å². The maximum Gasteiger partial charge on any atom is 0.227 e. The van der Waals surface area contributed by atoms with Crippen molar-refractivity contribution in [3.8, 4) is 11.4 Å². The largest absolute Gasteiger partial charge is 0.339 e. The maximum atomic E-state index is 12.7. The Hall–Kier alpha value is -3.02. The first kappa shape index (κ1) is 17.8. The highest BCUT2D eigenvalue weighted by Gasteiger charge is 2.17. The molecule has 0 aliphatic carbocycles. The van der Waals surface area contributed by atoms with Crippen molar-refractivity contribution in [2.75, 3.05) is 11.4 Å². The van der Waals surface area contributed by atoms with Crippen LogP contribution in [0.15, 0.2) is 59.4 Å². The van der Waals surface area contributed by atoms with Crippen LogP contribution in [0.25, 0.3) is 11.4 Å². The van der Waals surface area contributed by atoms with Gasteiger partial charge in [0.1, 0.15) is 0 Å². The van der Waals surface area contributed by atoms with Crippen molar-refractivity contribution in [3.63, 3.8) is 0 Å². The van der Waals surface area contributed by atoms with Crippen LogP contribution in [0.2, 0.25) is 0 Å². The summed E-state index contributed by atoms with van der Waals surface area (Å²) in [6, 6.07) is 13.4. The molecule has 2 aromatic heterocycles. The van der Waals surface area contributed by atoms with Gasteiger partial charge in [-0.3, -0.25) is 9.78 Å². The van der Waals surface area contributed by atoms with Crippen molar-refractivity contribution in [2.24, 2.45) is 0 Å². The lowest BCUT2D eigenvalue weighted by Gasteiger charge is -2.22. The summed E-state index contributed by atoms with van der Waals surface area (Å²) in [5.41, 5.74) is 1.72. The molecule has 0 bridgehead atoms. The number of carbonyl (C=O) groups excluding carboxylic acids is 1. The summed E-state index contributed by atoms with van der Waals surface area (Å²) in [7, 11) is 0. The molecule has 0 unspecified atom stereocenters. The van der Waals surface area contributed by atoms with Crippen LogP contribution in [0.1, 0.15) is 32.1 Å². The van der Waals surface area contributed by atoms with Crippen LogP contribution in [-0.2, 0) is 11.2 Å². The van der Waals surface area contributed by atoms with E-state index in [1.807, 2.05) is 47.4 Å².